The third-order valence-electron chi connectivity index (χ3n) is 3.22. The van der Waals surface area contributed by atoms with Gasteiger partial charge in [0.2, 0.25) is 5.43 Å². The summed E-state index contributed by atoms with van der Waals surface area (Å²) in [7, 11) is 0. The molecule has 0 aliphatic heterocycles. The minimum atomic E-state index is -0.453. The molecule has 0 atom stereocenters. The van der Waals surface area contributed by atoms with Crippen molar-refractivity contribution in [2.45, 2.75) is 6.92 Å². The average molecular weight is 358 g/mol. The van der Waals surface area contributed by atoms with E-state index in [9.17, 15) is 9.59 Å². The number of hydrogen-bond acceptors (Lipinski definition) is 3. The van der Waals surface area contributed by atoms with Gasteiger partial charge in [0.1, 0.15) is 11.2 Å². The molecule has 3 aromatic rings. The molecule has 0 saturated carbocycles. The second kappa shape index (κ2) is 5.73. The number of aryl methyl sites for hydroxylation is 1. The van der Waals surface area contributed by atoms with Gasteiger partial charge in [-0.25, -0.2) is 4.98 Å². The van der Waals surface area contributed by atoms with Crippen LogP contribution in [0.5, 0.6) is 0 Å². The molecule has 1 aromatic carbocycles. The zero-order valence-electron chi connectivity index (χ0n) is 11.7. The molecule has 2 aromatic heterocycles. The zero-order valence-corrected chi connectivity index (χ0v) is 13.3. The number of carbonyl (C=O) groups excluding carboxylic acids is 1. The number of pyridine rings is 2. The van der Waals surface area contributed by atoms with E-state index in [0.29, 0.717) is 16.7 Å². The van der Waals surface area contributed by atoms with E-state index in [-0.39, 0.29) is 11.0 Å². The van der Waals surface area contributed by atoms with Crippen LogP contribution in [0.15, 0.2) is 51.9 Å². The summed E-state index contributed by atoms with van der Waals surface area (Å²) in [5.74, 6) is -0.453. The molecule has 5 nitrogen and oxygen atoms in total. The summed E-state index contributed by atoms with van der Waals surface area (Å²) < 4.78 is 0.912. The Kier molecular flexibility index (Phi) is 3.77. The van der Waals surface area contributed by atoms with Crippen molar-refractivity contribution in [3.05, 3.63) is 68.5 Å². The van der Waals surface area contributed by atoms with Gasteiger partial charge < -0.3 is 10.3 Å². The van der Waals surface area contributed by atoms with Crippen molar-refractivity contribution in [3.63, 3.8) is 0 Å². The number of fused-ring (bicyclic) bond motifs is 1. The van der Waals surface area contributed by atoms with Gasteiger partial charge in [-0.2, -0.15) is 0 Å². The monoisotopic (exact) mass is 357 g/mol. The fourth-order valence-electron chi connectivity index (χ4n) is 2.10. The van der Waals surface area contributed by atoms with E-state index in [1.54, 1.807) is 24.3 Å². The molecule has 2 N–H and O–H groups in total. The number of nitrogens with zero attached hydrogens (tertiary/aromatic N) is 1. The Morgan fingerprint density at radius 3 is 2.64 bits per heavy atom. The smallest absolute Gasteiger partial charge is 0.261 e. The lowest BCUT2D eigenvalue weighted by atomic mass is 10.1. The number of aromatic nitrogens is 2. The molecule has 1 amide bonds. The highest BCUT2D eigenvalue weighted by Crippen LogP contribution is 2.15. The summed E-state index contributed by atoms with van der Waals surface area (Å²) in [6, 6.07) is 10.5. The quantitative estimate of drug-likeness (QED) is 0.739. The molecule has 0 aliphatic rings. The summed E-state index contributed by atoms with van der Waals surface area (Å²) in [6.45, 7) is 1.84. The standard InChI is InChI=1S/C16H12BrN3O2/c1-9-2-7-12-14(21)13(8-18-15(12)19-9)16(22)20-11-5-3-10(17)4-6-11/h2-8H,1H3,(H,20,22)(H,18,19,21). The van der Waals surface area contributed by atoms with Gasteiger partial charge in [0.25, 0.3) is 5.91 Å². The van der Waals surface area contributed by atoms with Crippen LogP contribution >= 0.6 is 15.9 Å². The van der Waals surface area contributed by atoms with Crippen molar-refractivity contribution in [2.75, 3.05) is 5.32 Å². The molecule has 0 spiro atoms. The van der Waals surface area contributed by atoms with Gasteiger partial charge in [0.15, 0.2) is 0 Å². The predicted octanol–water partition coefficient (Wildman–Crippen LogP) is 3.25. The van der Waals surface area contributed by atoms with Crippen molar-refractivity contribution in [2.24, 2.45) is 0 Å². The first-order valence-electron chi connectivity index (χ1n) is 6.60. The minimum absolute atomic E-state index is 0.0565. The van der Waals surface area contributed by atoms with Crippen molar-refractivity contribution in [3.8, 4) is 0 Å². The lowest BCUT2D eigenvalue weighted by molar-refractivity contribution is 0.102. The fraction of sp³-hybridized carbons (Fsp3) is 0.0625. The molecule has 0 aliphatic carbocycles. The number of anilines is 1. The molecule has 22 heavy (non-hydrogen) atoms. The fourth-order valence-corrected chi connectivity index (χ4v) is 2.37. The third kappa shape index (κ3) is 2.78. The number of aromatic amines is 1. The van der Waals surface area contributed by atoms with Crippen LogP contribution in [0.1, 0.15) is 16.1 Å². The van der Waals surface area contributed by atoms with Crippen LogP contribution in [-0.4, -0.2) is 15.9 Å². The van der Waals surface area contributed by atoms with Crippen molar-refractivity contribution in [1.29, 1.82) is 0 Å². The van der Waals surface area contributed by atoms with Gasteiger partial charge in [0, 0.05) is 22.1 Å². The van der Waals surface area contributed by atoms with Gasteiger partial charge in [-0.05, 0) is 43.3 Å². The molecule has 2 heterocycles. The molecule has 6 heteroatoms. The highest BCUT2D eigenvalue weighted by molar-refractivity contribution is 9.10. The van der Waals surface area contributed by atoms with Gasteiger partial charge in [-0.3, -0.25) is 9.59 Å². The van der Waals surface area contributed by atoms with Crippen molar-refractivity contribution < 1.29 is 4.79 Å². The van der Waals surface area contributed by atoms with Crippen molar-refractivity contribution >= 4 is 38.6 Å². The Morgan fingerprint density at radius 2 is 1.91 bits per heavy atom. The Hall–Kier alpha value is -2.47. The molecular formula is C16H12BrN3O2. The molecule has 0 unspecified atom stereocenters. The topological polar surface area (TPSA) is 74.8 Å². The van der Waals surface area contributed by atoms with Gasteiger partial charge in [0.05, 0.1) is 5.39 Å². The largest absolute Gasteiger partial charge is 0.345 e. The number of benzene rings is 1. The molecule has 3 rings (SSSR count). The van der Waals surface area contributed by atoms with Crippen LogP contribution in [0, 0.1) is 6.92 Å². The van der Waals surface area contributed by atoms with E-state index in [2.05, 4.69) is 31.2 Å². The maximum absolute atomic E-state index is 12.4. The summed E-state index contributed by atoms with van der Waals surface area (Å²) in [5, 5.41) is 3.10. The summed E-state index contributed by atoms with van der Waals surface area (Å²) in [6.07, 6.45) is 1.39. The Bertz CT molecular complexity index is 917. The molecule has 0 saturated heterocycles. The van der Waals surface area contributed by atoms with Crippen LogP contribution in [-0.2, 0) is 0 Å². The average Bonchev–Trinajstić information content (AvgIpc) is 2.49. The van der Waals surface area contributed by atoms with E-state index < -0.39 is 5.91 Å². The van der Waals surface area contributed by atoms with E-state index >= 15 is 0 Å². The van der Waals surface area contributed by atoms with Gasteiger partial charge in [-0.15, -0.1) is 0 Å². The highest BCUT2D eigenvalue weighted by atomic mass is 79.9. The number of nitrogens with one attached hydrogen (secondary N) is 2. The zero-order chi connectivity index (χ0) is 15.7. The second-order valence-electron chi connectivity index (χ2n) is 4.84. The lowest BCUT2D eigenvalue weighted by Gasteiger charge is -2.06. The molecule has 110 valence electrons. The van der Waals surface area contributed by atoms with E-state index in [1.807, 2.05) is 19.1 Å². The summed E-state index contributed by atoms with van der Waals surface area (Å²) in [4.78, 5) is 31.8. The predicted molar refractivity (Wildman–Crippen MR) is 89.2 cm³/mol. The lowest BCUT2D eigenvalue weighted by Crippen LogP contribution is -2.22. The molecule has 0 bridgehead atoms. The van der Waals surface area contributed by atoms with Crippen LogP contribution in [0.25, 0.3) is 11.0 Å². The Labute approximate surface area is 134 Å². The third-order valence-corrected chi connectivity index (χ3v) is 3.75. The van der Waals surface area contributed by atoms with Crippen LogP contribution in [0.2, 0.25) is 0 Å². The number of halogens is 1. The first-order chi connectivity index (χ1) is 10.5. The second-order valence-corrected chi connectivity index (χ2v) is 5.76. The Balaban J connectivity index is 1.97. The maximum atomic E-state index is 12.4. The first kappa shape index (κ1) is 14.5. The maximum Gasteiger partial charge on any atom is 0.261 e. The molecule has 0 radical (unpaired) electrons. The molecule has 0 fully saturated rings. The van der Waals surface area contributed by atoms with Gasteiger partial charge >= 0.3 is 0 Å². The minimum Gasteiger partial charge on any atom is -0.345 e. The summed E-state index contributed by atoms with van der Waals surface area (Å²) in [5.41, 5.74) is 1.62. The number of hydrogen-bond donors (Lipinski definition) is 2. The molecular weight excluding hydrogens is 346 g/mol. The van der Waals surface area contributed by atoms with E-state index in [4.69, 9.17) is 0 Å². The van der Waals surface area contributed by atoms with E-state index in [0.717, 1.165) is 10.2 Å². The Morgan fingerprint density at radius 1 is 1.18 bits per heavy atom. The van der Waals surface area contributed by atoms with Crippen LogP contribution in [0.3, 0.4) is 0 Å². The van der Waals surface area contributed by atoms with Crippen LogP contribution < -0.4 is 10.7 Å². The first-order valence-corrected chi connectivity index (χ1v) is 7.40. The number of H-pyrrole nitrogens is 1. The van der Waals surface area contributed by atoms with E-state index in [1.165, 1.54) is 6.20 Å². The number of carbonyl (C=O) groups is 1. The van der Waals surface area contributed by atoms with Gasteiger partial charge in [-0.1, -0.05) is 15.9 Å². The van der Waals surface area contributed by atoms with Crippen LogP contribution in [0.4, 0.5) is 5.69 Å². The SMILES string of the molecule is Cc1ccc2c(=O)c(C(=O)Nc3ccc(Br)cc3)c[nH]c2n1. The normalized spacial score (nSPS) is 10.6. The number of rotatable bonds is 2. The number of amides is 1. The highest BCUT2D eigenvalue weighted by Gasteiger charge is 2.13. The summed E-state index contributed by atoms with van der Waals surface area (Å²) >= 11 is 3.33. The van der Waals surface area contributed by atoms with Crippen molar-refractivity contribution in [1.82, 2.24) is 9.97 Å².